The minimum atomic E-state index is -4.48. The molecule has 0 spiro atoms. The SMILES string of the molecule is Cc1nn(C)cc1C1(C)CC(c2ccc(C(=O)CCC(=O)NCC(F)(F)F)cc2)=NO1.Cc1nn(C)cc1C1(C)CC(c2ccc(C(=O)O)cc2)=NO1.NCC(=O)NCC(F)(F)F. The number of carboxylic acid groups (broad SMARTS) is 1. The summed E-state index contributed by atoms with van der Waals surface area (Å²) in [5.41, 5.74) is 11.1. The van der Waals surface area contributed by atoms with Crippen LogP contribution in [0.3, 0.4) is 0 Å². The molecule has 4 heterocycles. The first-order chi connectivity index (χ1) is 29.3. The van der Waals surface area contributed by atoms with Gasteiger partial charge in [-0.1, -0.05) is 46.7 Å². The zero-order chi connectivity index (χ0) is 46.9. The van der Waals surface area contributed by atoms with Gasteiger partial charge in [0.25, 0.3) is 0 Å². The Hall–Kier alpha value is -6.58. The Bertz CT molecular complexity index is 2340. The molecule has 2 aliphatic rings. The number of alkyl halides is 6. The zero-order valence-electron chi connectivity index (χ0n) is 35.1. The third-order valence-electron chi connectivity index (χ3n) is 9.63. The maximum Gasteiger partial charge on any atom is 0.405 e. The van der Waals surface area contributed by atoms with Gasteiger partial charge in [0, 0.05) is 68.9 Å². The van der Waals surface area contributed by atoms with Crippen molar-refractivity contribution in [1.82, 2.24) is 30.2 Å². The molecule has 2 amide bonds. The molecule has 2 unspecified atom stereocenters. The number of aromatic nitrogens is 4. The van der Waals surface area contributed by atoms with E-state index >= 15 is 0 Å². The summed E-state index contributed by atoms with van der Waals surface area (Å²) in [4.78, 5) is 56.1. The minimum absolute atomic E-state index is 0.175. The Kier molecular flexibility index (Phi) is 15.6. The molecule has 2 atom stereocenters. The van der Waals surface area contributed by atoms with Gasteiger partial charge in [0.15, 0.2) is 17.0 Å². The number of hydrogen-bond donors (Lipinski definition) is 4. The Balaban J connectivity index is 0.000000236. The number of rotatable bonds is 12. The van der Waals surface area contributed by atoms with Crippen LogP contribution >= 0.6 is 0 Å². The fourth-order valence-corrected chi connectivity index (χ4v) is 6.50. The fourth-order valence-electron chi connectivity index (χ4n) is 6.50. The first kappa shape index (κ1) is 49.1. The molecule has 16 nitrogen and oxygen atoms in total. The van der Waals surface area contributed by atoms with Gasteiger partial charge in [-0.2, -0.15) is 36.5 Å². The van der Waals surface area contributed by atoms with Crippen molar-refractivity contribution in [2.24, 2.45) is 30.1 Å². The lowest BCUT2D eigenvalue weighted by molar-refractivity contribution is -0.138. The molecule has 2 aromatic heterocycles. The lowest BCUT2D eigenvalue weighted by atomic mass is 9.89. The highest BCUT2D eigenvalue weighted by Gasteiger charge is 2.40. The van der Waals surface area contributed by atoms with E-state index in [0.717, 1.165) is 45.1 Å². The van der Waals surface area contributed by atoms with Crippen molar-refractivity contribution >= 4 is 35.0 Å². The van der Waals surface area contributed by atoms with Crippen LogP contribution in [0.1, 0.15) is 93.9 Å². The van der Waals surface area contributed by atoms with E-state index in [0.29, 0.717) is 18.4 Å². The number of halogens is 6. The van der Waals surface area contributed by atoms with Crippen LogP contribution in [0.25, 0.3) is 0 Å². The van der Waals surface area contributed by atoms with E-state index in [4.69, 9.17) is 20.5 Å². The highest BCUT2D eigenvalue weighted by molar-refractivity contribution is 6.04. The summed E-state index contributed by atoms with van der Waals surface area (Å²) in [5, 5.41) is 29.4. The average molecular weight is 892 g/mol. The number of nitrogens with two attached hydrogens (primary N) is 1. The minimum Gasteiger partial charge on any atom is -0.478 e. The van der Waals surface area contributed by atoms with Crippen molar-refractivity contribution in [2.45, 2.75) is 76.9 Å². The fraction of sp³-hybridized carbons (Fsp3) is 0.415. The predicted octanol–water partition coefficient (Wildman–Crippen LogP) is 5.50. The number of carbonyl (C=O) groups excluding carboxylic acids is 3. The second kappa shape index (κ2) is 20.1. The smallest absolute Gasteiger partial charge is 0.405 e. The van der Waals surface area contributed by atoms with Crippen LogP contribution in [0.2, 0.25) is 0 Å². The second-order valence-corrected chi connectivity index (χ2v) is 15.0. The first-order valence-corrected chi connectivity index (χ1v) is 19.2. The topological polar surface area (TPSA) is 217 Å². The zero-order valence-corrected chi connectivity index (χ0v) is 35.1. The monoisotopic (exact) mass is 891 g/mol. The predicted molar refractivity (Wildman–Crippen MR) is 216 cm³/mol. The summed E-state index contributed by atoms with van der Waals surface area (Å²) < 4.78 is 73.7. The molecule has 4 aromatic rings. The number of nitrogens with one attached hydrogen (secondary N) is 2. The van der Waals surface area contributed by atoms with E-state index in [1.807, 2.05) is 54.2 Å². The number of aryl methyl sites for hydroxylation is 4. The van der Waals surface area contributed by atoms with Crippen molar-refractivity contribution in [3.63, 3.8) is 0 Å². The molecular formula is C41H47F6N9O7. The van der Waals surface area contributed by atoms with Gasteiger partial charge in [0.2, 0.25) is 11.8 Å². The van der Waals surface area contributed by atoms with Crippen molar-refractivity contribution in [1.29, 1.82) is 0 Å². The molecule has 0 aliphatic carbocycles. The van der Waals surface area contributed by atoms with Gasteiger partial charge < -0.3 is 31.1 Å². The van der Waals surface area contributed by atoms with E-state index < -0.39 is 61.0 Å². The highest BCUT2D eigenvalue weighted by Crippen LogP contribution is 2.38. The van der Waals surface area contributed by atoms with Crippen LogP contribution in [0.5, 0.6) is 0 Å². The van der Waals surface area contributed by atoms with Gasteiger partial charge >= 0.3 is 18.3 Å². The molecular weight excluding hydrogens is 844 g/mol. The van der Waals surface area contributed by atoms with Crippen molar-refractivity contribution in [3.05, 3.63) is 106 Å². The van der Waals surface area contributed by atoms with E-state index in [1.54, 1.807) is 68.5 Å². The van der Waals surface area contributed by atoms with E-state index in [-0.39, 0.29) is 24.2 Å². The molecule has 6 rings (SSSR count). The Morgan fingerprint density at radius 2 is 1.10 bits per heavy atom. The molecule has 22 heteroatoms. The van der Waals surface area contributed by atoms with Gasteiger partial charge in [0.05, 0.1) is 34.9 Å². The third-order valence-corrected chi connectivity index (χ3v) is 9.63. The largest absolute Gasteiger partial charge is 0.478 e. The summed E-state index contributed by atoms with van der Waals surface area (Å²) in [5.74, 6) is -2.89. The Morgan fingerprint density at radius 1 is 0.698 bits per heavy atom. The van der Waals surface area contributed by atoms with Crippen molar-refractivity contribution < 1.29 is 60.3 Å². The van der Waals surface area contributed by atoms with Gasteiger partial charge in [-0.25, -0.2) is 4.79 Å². The molecule has 5 N–H and O–H groups in total. The third kappa shape index (κ3) is 14.0. The number of hydrogen-bond acceptors (Lipinski definition) is 11. The average Bonchev–Trinajstić information content (AvgIpc) is 4.00. The van der Waals surface area contributed by atoms with Crippen molar-refractivity contribution in [2.75, 3.05) is 19.6 Å². The molecule has 340 valence electrons. The first-order valence-electron chi connectivity index (χ1n) is 19.2. The van der Waals surface area contributed by atoms with Crippen LogP contribution in [0, 0.1) is 13.8 Å². The normalized spacial score (nSPS) is 18.0. The summed E-state index contributed by atoms with van der Waals surface area (Å²) in [6, 6.07) is 13.4. The van der Waals surface area contributed by atoms with E-state index in [9.17, 15) is 45.5 Å². The standard InChI is InChI=1S/C21H23F3N4O3.C16H17N3O3.C4H7F3N2O/c1-13-16(11-28(3)26-13)20(2)10-17(27-31-20)14-4-6-15(7-5-14)18(29)8-9-19(30)25-12-21(22,23)24;1-10-13(9-19(3)17-10)16(2)8-14(18-22-16)11-4-6-12(7-5-11)15(20)21;5-4(6,7)2-9-3(10)1-8/h4-7,11H,8-10,12H2,1-3H3,(H,25,30);4-7,9H,8H2,1-3H3,(H,20,21);1-2,8H2,(H,9,10). The number of carbonyl (C=O) groups is 4. The summed E-state index contributed by atoms with van der Waals surface area (Å²) in [6.45, 7) is 4.64. The molecule has 0 fully saturated rings. The summed E-state index contributed by atoms with van der Waals surface area (Å²) in [6.07, 6.45) is -4.32. The maximum atomic E-state index is 12.2. The van der Waals surface area contributed by atoms with Gasteiger partial charge in [-0.3, -0.25) is 23.7 Å². The lowest BCUT2D eigenvalue weighted by Gasteiger charge is -2.20. The van der Waals surface area contributed by atoms with Crippen LogP contribution in [-0.2, 0) is 44.6 Å². The molecule has 2 aromatic carbocycles. The number of Topliss-reactive ketones (excluding diaryl/α,β-unsaturated/α-hetero) is 1. The summed E-state index contributed by atoms with van der Waals surface area (Å²) >= 11 is 0. The number of ketones is 1. The molecule has 0 saturated heterocycles. The Labute approximate surface area is 357 Å². The number of amides is 2. The highest BCUT2D eigenvalue weighted by atomic mass is 19.4. The molecule has 0 radical (unpaired) electrons. The van der Waals surface area contributed by atoms with Gasteiger partial charge in [-0.15, -0.1) is 0 Å². The maximum absolute atomic E-state index is 12.2. The Morgan fingerprint density at radius 3 is 1.44 bits per heavy atom. The van der Waals surface area contributed by atoms with Crippen molar-refractivity contribution in [3.8, 4) is 0 Å². The van der Waals surface area contributed by atoms with Crippen LogP contribution < -0.4 is 16.4 Å². The van der Waals surface area contributed by atoms with Crippen LogP contribution in [0.15, 0.2) is 71.2 Å². The number of carboxylic acids is 1. The number of nitrogens with zero attached hydrogens (tertiary/aromatic N) is 6. The number of aromatic carboxylic acids is 1. The van der Waals surface area contributed by atoms with Gasteiger partial charge in [-0.05, 0) is 51.0 Å². The van der Waals surface area contributed by atoms with Crippen LogP contribution in [-0.4, -0.2) is 91.6 Å². The summed E-state index contributed by atoms with van der Waals surface area (Å²) in [7, 11) is 3.72. The van der Waals surface area contributed by atoms with Crippen LogP contribution in [0.4, 0.5) is 26.3 Å². The second-order valence-electron chi connectivity index (χ2n) is 15.0. The van der Waals surface area contributed by atoms with E-state index in [1.165, 1.54) is 0 Å². The molecule has 2 aliphatic heterocycles. The molecule has 63 heavy (non-hydrogen) atoms. The quantitative estimate of drug-likeness (QED) is 0.103. The molecule has 0 saturated carbocycles. The number of oxime groups is 2. The molecule has 0 bridgehead atoms. The lowest BCUT2D eigenvalue weighted by Crippen LogP contribution is -2.37. The van der Waals surface area contributed by atoms with E-state index in [2.05, 4.69) is 20.5 Å². The van der Waals surface area contributed by atoms with Gasteiger partial charge in [0.1, 0.15) is 13.1 Å². The number of benzene rings is 2.